The van der Waals surface area contributed by atoms with Crippen molar-refractivity contribution < 1.29 is 4.79 Å². The molecule has 0 spiro atoms. The first-order valence-electron chi connectivity index (χ1n) is 5.31. The number of carbonyl (C=O) groups is 1. The van der Waals surface area contributed by atoms with Crippen LogP contribution in [0.25, 0.3) is 0 Å². The molecule has 0 fully saturated rings. The molecule has 5 heteroatoms. The summed E-state index contributed by atoms with van der Waals surface area (Å²) in [5.41, 5.74) is 6.48. The van der Waals surface area contributed by atoms with Crippen molar-refractivity contribution in [1.82, 2.24) is 4.57 Å². The third-order valence-corrected chi connectivity index (χ3v) is 3.01. The van der Waals surface area contributed by atoms with Gasteiger partial charge in [-0.2, -0.15) is 0 Å². The molecule has 4 nitrogen and oxygen atoms in total. The van der Waals surface area contributed by atoms with E-state index in [0.717, 1.165) is 10.0 Å². The Hall–Kier alpha value is -1.88. The Morgan fingerprint density at radius 2 is 1.83 bits per heavy atom. The number of amides is 1. The van der Waals surface area contributed by atoms with E-state index in [1.807, 2.05) is 0 Å². The predicted molar refractivity (Wildman–Crippen MR) is 72.5 cm³/mol. The number of halogens is 1. The Balaban J connectivity index is 2.26. The largest absolute Gasteiger partial charge is 0.366 e. The van der Waals surface area contributed by atoms with E-state index >= 15 is 0 Å². The van der Waals surface area contributed by atoms with Crippen LogP contribution in [0.5, 0.6) is 0 Å². The van der Waals surface area contributed by atoms with Crippen LogP contribution in [0.15, 0.2) is 51.9 Å². The first-order chi connectivity index (χ1) is 8.56. The number of pyridine rings is 1. The van der Waals surface area contributed by atoms with E-state index in [1.54, 1.807) is 41.1 Å². The number of primary amides is 1. The van der Waals surface area contributed by atoms with Gasteiger partial charge in [0.05, 0.1) is 6.54 Å². The highest BCUT2D eigenvalue weighted by Crippen LogP contribution is 2.08. The molecule has 18 heavy (non-hydrogen) atoms. The molecular weight excluding hydrogens is 296 g/mol. The monoisotopic (exact) mass is 306 g/mol. The Morgan fingerprint density at radius 3 is 2.44 bits per heavy atom. The number of carbonyl (C=O) groups excluding carboxylic acids is 1. The van der Waals surface area contributed by atoms with E-state index < -0.39 is 5.91 Å². The zero-order valence-corrected chi connectivity index (χ0v) is 11.1. The number of nitrogens with zero attached hydrogens (tertiary/aromatic N) is 1. The molecule has 1 amide bonds. The molecule has 0 saturated heterocycles. The van der Waals surface area contributed by atoms with Crippen LogP contribution in [0, 0.1) is 0 Å². The van der Waals surface area contributed by atoms with Gasteiger partial charge < -0.3 is 10.3 Å². The summed E-state index contributed by atoms with van der Waals surface area (Å²) in [5.74, 6) is -0.457. The fraction of sp³-hybridized carbons (Fsp3) is 0.0769. The van der Waals surface area contributed by atoms with Crippen LogP contribution >= 0.6 is 15.9 Å². The second-order valence-corrected chi connectivity index (χ2v) is 4.79. The van der Waals surface area contributed by atoms with Crippen molar-refractivity contribution in [2.24, 2.45) is 5.73 Å². The van der Waals surface area contributed by atoms with E-state index in [0.29, 0.717) is 12.1 Å². The zero-order chi connectivity index (χ0) is 13.1. The van der Waals surface area contributed by atoms with Gasteiger partial charge in [0, 0.05) is 22.3 Å². The summed E-state index contributed by atoms with van der Waals surface area (Å²) >= 11 is 3.32. The first kappa shape index (κ1) is 12.6. The van der Waals surface area contributed by atoms with E-state index in [4.69, 9.17) is 5.73 Å². The van der Waals surface area contributed by atoms with E-state index in [2.05, 4.69) is 15.9 Å². The highest BCUT2D eigenvalue weighted by atomic mass is 79.9. The SMILES string of the molecule is NC(=O)c1ccc(Cn2cc(Br)ccc2=O)cc1. The number of hydrogen-bond donors (Lipinski definition) is 1. The van der Waals surface area contributed by atoms with Crippen LogP contribution < -0.4 is 11.3 Å². The summed E-state index contributed by atoms with van der Waals surface area (Å²) in [5, 5.41) is 0. The smallest absolute Gasteiger partial charge is 0.250 e. The van der Waals surface area contributed by atoms with E-state index in [9.17, 15) is 9.59 Å². The molecule has 2 aromatic rings. The number of benzene rings is 1. The number of rotatable bonds is 3. The van der Waals surface area contributed by atoms with Crippen LogP contribution in [-0.4, -0.2) is 10.5 Å². The molecule has 2 N–H and O–H groups in total. The molecule has 0 aliphatic carbocycles. The highest BCUT2D eigenvalue weighted by Gasteiger charge is 2.02. The number of aromatic nitrogens is 1. The van der Waals surface area contributed by atoms with Gasteiger partial charge in [-0.3, -0.25) is 9.59 Å². The van der Waals surface area contributed by atoms with Gasteiger partial charge in [-0.15, -0.1) is 0 Å². The Kier molecular flexibility index (Phi) is 3.62. The summed E-state index contributed by atoms with van der Waals surface area (Å²) in [6, 6.07) is 10.1. The summed E-state index contributed by atoms with van der Waals surface area (Å²) in [4.78, 5) is 22.5. The Bertz CT molecular complexity index is 632. The molecule has 0 unspecified atom stereocenters. The third-order valence-electron chi connectivity index (χ3n) is 2.54. The molecule has 0 bridgehead atoms. The van der Waals surface area contributed by atoms with Gasteiger partial charge in [0.1, 0.15) is 0 Å². The van der Waals surface area contributed by atoms with Gasteiger partial charge in [-0.05, 0) is 39.7 Å². The fourth-order valence-corrected chi connectivity index (χ4v) is 1.98. The van der Waals surface area contributed by atoms with Crippen molar-refractivity contribution in [3.8, 4) is 0 Å². The molecular formula is C13H11BrN2O2. The number of hydrogen-bond acceptors (Lipinski definition) is 2. The van der Waals surface area contributed by atoms with Gasteiger partial charge >= 0.3 is 0 Å². The van der Waals surface area contributed by atoms with Crippen molar-refractivity contribution in [2.45, 2.75) is 6.54 Å². The molecule has 0 aliphatic rings. The van der Waals surface area contributed by atoms with Crippen molar-refractivity contribution in [2.75, 3.05) is 0 Å². The Labute approximate surface area is 112 Å². The maximum absolute atomic E-state index is 11.6. The maximum Gasteiger partial charge on any atom is 0.250 e. The number of nitrogens with two attached hydrogens (primary N) is 1. The lowest BCUT2D eigenvalue weighted by Gasteiger charge is -2.06. The molecule has 1 heterocycles. The third kappa shape index (κ3) is 2.87. The lowest BCUT2D eigenvalue weighted by molar-refractivity contribution is 0.100. The second-order valence-electron chi connectivity index (χ2n) is 3.87. The summed E-state index contributed by atoms with van der Waals surface area (Å²) in [7, 11) is 0. The average molecular weight is 307 g/mol. The van der Waals surface area contributed by atoms with Gasteiger partial charge in [-0.25, -0.2) is 0 Å². The molecule has 1 aromatic carbocycles. The molecule has 0 saturated carbocycles. The fourth-order valence-electron chi connectivity index (χ4n) is 1.60. The quantitative estimate of drug-likeness (QED) is 0.939. The predicted octanol–water partition coefficient (Wildman–Crippen LogP) is 1.76. The molecule has 2 rings (SSSR count). The van der Waals surface area contributed by atoms with E-state index in [-0.39, 0.29) is 5.56 Å². The summed E-state index contributed by atoms with van der Waals surface area (Å²) < 4.78 is 2.43. The summed E-state index contributed by atoms with van der Waals surface area (Å²) in [6.45, 7) is 0.456. The van der Waals surface area contributed by atoms with Gasteiger partial charge in [0.2, 0.25) is 5.91 Å². The molecule has 0 atom stereocenters. The van der Waals surface area contributed by atoms with Gasteiger partial charge in [0.15, 0.2) is 0 Å². The minimum absolute atomic E-state index is 0.0721. The Morgan fingerprint density at radius 1 is 1.17 bits per heavy atom. The van der Waals surface area contributed by atoms with E-state index in [1.165, 1.54) is 6.07 Å². The van der Waals surface area contributed by atoms with Crippen molar-refractivity contribution in [3.05, 3.63) is 68.5 Å². The highest BCUT2D eigenvalue weighted by molar-refractivity contribution is 9.10. The maximum atomic E-state index is 11.6. The molecule has 0 aliphatic heterocycles. The van der Waals surface area contributed by atoms with Crippen LogP contribution in [0.4, 0.5) is 0 Å². The van der Waals surface area contributed by atoms with Crippen molar-refractivity contribution in [3.63, 3.8) is 0 Å². The normalized spacial score (nSPS) is 10.3. The van der Waals surface area contributed by atoms with Crippen LogP contribution in [0.2, 0.25) is 0 Å². The minimum Gasteiger partial charge on any atom is -0.366 e. The van der Waals surface area contributed by atoms with Crippen molar-refractivity contribution >= 4 is 21.8 Å². The average Bonchev–Trinajstić information content (AvgIpc) is 2.34. The second kappa shape index (κ2) is 5.18. The van der Waals surface area contributed by atoms with Gasteiger partial charge in [-0.1, -0.05) is 12.1 Å². The molecule has 92 valence electrons. The standard InChI is InChI=1S/C13H11BrN2O2/c14-11-5-6-12(17)16(8-11)7-9-1-3-10(4-2-9)13(15)18/h1-6,8H,7H2,(H2,15,18). The molecule has 0 radical (unpaired) electrons. The summed E-state index contributed by atoms with van der Waals surface area (Å²) in [6.07, 6.45) is 1.73. The van der Waals surface area contributed by atoms with Crippen LogP contribution in [0.3, 0.4) is 0 Å². The topological polar surface area (TPSA) is 65.1 Å². The van der Waals surface area contributed by atoms with Gasteiger partial charge in [0.25, 0.3) is 5.56 Å². The van der Waals surface area contributed by atoms with Crippen LogP contribution in [0.1, 0.15) is 15.9 Å². The lowest BCUT2D eigenvalue weighted by atomic mass is 10.1. The first-order valence-corrected chi connectivity index (χ1v) is 6.10. The lowest BCUT2D eigenvalue weighted by Crippen LogP contribution is -2.18. The molecule has 1 aromatic heterocycles. The van der Waals surface area contributed by atoms with Crippen molar-refractivity contribution in [1.29, 1.82) is 0 Å². The zero-order valence-electron chi connectivity index (χ0n) is 9.47. The minimum atomic E-state index is -0.457. The van der Waals surface area contributed by atoms with Crippen LogP contribution in [-0.2, 0) is 6.54 Å².